The minimum absolute atomic E-state index is 0.322. The minimum atomic E-state index is 0.322. The molecule has 0 aliphatic heterocycles. The van der Waals surface area contributed by atoms with Crippen molar-refractivity contribution in [3.8, 4) is 0 Å². The Kier molecular flexibility index (Phi) is 3.37. The summed E-state index contributed by atoms with van der Waals surface area (Å²) in [6.07, 6.45) is 5.60. The fourth-order valence-electron chi connectivity index (χ4n) is 3.30. The maximum Gasteiger partial charge on any atom is 0.0752 e. The number of aryl methyl sites for hydroxylation is 1. The van der Waals surface area contributed by atoms with Crippen LogP contribution >= 0.6 is 11.6 Å². The van der Waals surface area contributed by atoms with Gasteiger partial charge in [0.05, 0.1) is 16.2 Å². The molecule has 1 saturated carbocycles. The summed E-state index contributed by atoms with van der Waals surface area (Å²) in [6.45, 7) is 6.73. The van der Waals surface area contributed by atoms with Gasteiger partial charge in [0.15, 0.2) is 0 Å². The number of rotatable bonds is 2. The third-order valence-electron chi connectivity index (χ3n) is 4.61. The average Bonchev–Trinajstić information content (AvgIpc) is 2.73. The van der Waals surface area contributed by atoms with Gasteiger partial charge in [0.2, 0.25) is 0 Å². The number of anilines is 1. The lowest BCUT2D eigenvalue weighted by molar-refractivity contribution is 0.350. The maximum atomic E-state index is 6.49. The van der Waals surface area contributed by atoms with Gasteiger partial charge in [-0.3, -0.25) is 4.98 Å². The molecule has 1 aromatic heterocycles. The highest BCUT2D eigenvalue weighted by atomic mass is 35.5. The SMILES string of the molecule is Cc1cc(Cl)c(NC2CCCC2(C)C)c2cccnc12. The van der Waals surface area contributed by atoms with Crippen molar-refractivity contribution in [2.75, 3.05) is 5.32 Å². The van der Waals surface area contributed by atoms with E-state index in [-0.39, 0.29) is 0 Å². The van der Waals surface area contributed by atoms with E-state index >= 15 is 0 Å². The molecule has 1 aromatic carbocycles. The molecule has 0 saturated heterocycles. The van der Waals surface area contributed by atoms with Crippen LogP contribution in [0.25, 0.3) is 10.9 Å². The van der Waals surface area contributed by atoms with Crippen molar-refractivity contribution in [1.29, 1.82) is 0 Å². The maximum absolute atomic E-state index is 6.49. The molecule has 3 rings (SSSR count). The molecule has 1 aliphatic rings. The van der Waals surface area contributed by atoms with Crippen molar-refractivity contribution in [3.05, 3.63) is 35.0 Å². The molecule has 3 heteroatoms. The first-order valence-electron chi connectivity index (χ1n) is 7.29. The smallest absolute Gasteiger partial charge is 0.0752 e. The highest BCUT2D eigenvalue weighted by Crippen LogP contribution is 2.41. The summed E-state index contributed by atoms with van der Waals surface area (Å²) in [4.78, 5) is 4.49. The van der Waals surface area contributed by atoms with Gasteiger partial charge in [0, 0.05) is 17.6 Å². The van der Waals surface area contributed by atoms with Crippen LogP contribution in [0.3, 0.4) is 0 Å². The molecule has 106 valence electrons. The van der Waals surface area contributed by atoms with Gasteiger partial charge in [0.1, 0.15) is 0 Å². The number of nitrogens with zero attached hydrogens (tertiary/aromatic N) is 1. The standard InChI is InChI=1S/C17H21ClN2/c1-11-10-13(18)16(12-6-5-9-19-15(11)12)20-14-7-4-8-17(14,2)3/h5-6,9-10,14,20H,4,7-8H2,1-3H3. The molecule has 1 N–H and O–H groups in total. The molecular formula is C17H21ClN2. The van der Waals surface area contributed by atoms with Crippen molar-refractivity contribution in [2.45, 2.75) is 46.1 Å². The number of benzene rings is 1. The highest BCUT2D eigenvalue weighted by molar-refractivity contribution is 6.35. The predicted octanol–water partition coefficient (Wildman–Crippen LogP) is 5.19. The fourth-order valence-corrected chi connectivity index (χ4v) is 3.62. The topological polar surface area (TPSA) is 24.9 Å². The van der Waals surface area contributed by atoms with E-state index in [1.807, 2.05) is 18.3 Å². The van der Waals surface area contributed by atoms with Gasteiger partial charge in [-0.25, -0.2) is 0 Å². The number of nitrogens with one attached hydrogen (secondary N) is 1. The molecule has 1 fully saturated rings. The van der Waals surface area contributed by atoms with E-state index < -0.39 is 0 Å². The zero-order valence-electron chi connectivity index (χ0n) is 12.3. The summed E-state index contributed by atoms with van der Waals surface area (Å²) >= 11 is 6.49. The lowest BCUT2D eigenvalue weighted by atomic mass is 9.87. The van der Waals surface area contributed by atoms with Crippen LogP contribution in [0.4, 0.5) is 5.69 Å². The van der Waals surface area contributed by atoms with E-state index in [0.717, 1.165) is 27.2 Å². The second-order valence-electron chi connectivity index (χ2n) is 6.53. The van der Waals surface area contributed by atoms with Crippen molar-refractivity contribution < 1.29 is 0 Å². The zero-order valence-corrected chi connectivity index (χ0v) is 13.1. The third kappa shape index (κ3) is 2.26. The van der Waals surface area contributed by atoms with Crippen LogP contribution in [0.15, 0.2) is 24.4 Å². The van der Waals surface area contributed by atoms with Crippen LogP contribution in [0.5, 0.6) is 0 Å². The number of hydrogen-bond acceptors (Lipinski definition) is 2. The van der Waals surface area contributed by atoms with Crippen LogP contribution in [0.1, 0.15) is 38.7 Å². The van der Waals surface area contributed by atoms with Gasteiger partial charge in [-0.05, 0) is 48.9 Å². The molecule has 2 aromatic rings. The van der Waals surface area contributed by atoms with Crippen LogP contribution in [0, 0.1) is 12.3 Å². The molecule has 20 heavy (non-hydrogen) atoms. The Morgan fingerprint density at radius 2 is 2.20 bits per heavy atom. The Hall–Kier alpha value is -1.28. The number of halogens is 1. The summed E-state index contributed by atoms with van der Waals surface area (Å²) < 4.78 is 0. The fraction of sp³-hybridized carbons (Fsp3) is 0.471. The molecule has 2 nitrogen and oxygen atoms in total. The van der Waals surface area contributed by atoms with Gasteiger partial charge < -0.3 is 5.32 Å². The van der Waals surface area contributed by atoms with E-state index in [2.05, 4.69) is 37.1 Å². The van der Waals surface area contributed by atoms with Gasteiger partial charge in [-0.15, -0.1) is 0 Å². The summed E-state index contributed by atoms with van der Waals surface area (Å²) in [5.41, 5.74) is 3.53. The Bertz CT molecular complexity index is 649. The first-order chi connectivity index (χ1) is 9.49. The Balaban J connectivity index is 2.07. The second kappa shape index (κ2) is 4.92. The molecule has 0 bridgehead atoms. The van der Waals surface area contributed by atoms with Crippen molar-refractivity contribution in [2.24, 2.45) is 5.41 Å². The van der Waals surface area contributed by atoms with E-state index in [9.17, 15) is 0 Å². The lowest BCUT2D eigenvalue weighted by Gasteiger charge is -2.29. The van der Waals surface area contributed by atoms with Gasteiger partial charge in [0.25, 0.3) is 0 Å². The summed E-state index contributed by atoms with van der Waals surface area (Å²) in [5, 5.41) is 5.62. The van der Waals surface area contributed by atoms with Crippen molar-refractivity contribution in [1.82, 2.24) is 4.98 Å². The normalized spacial score (nSPS) is 21.3. The first-order valence-corrected chi connectivity index (χ1v) is 7.67. The quantitative estimate of drug-likeness (QED) is 0.823. The predicted molar refractivity (Wildman–Crippen MR) is 86.5 cm³/mol. The average molecular weight is 289 g/mol. The first kappa shape index (κ1) is 13.7. The molecule has 0 amide bonds. The molecule has 1 aliphatic carbocycles. The van der Waals surface area contributed by atoms with Crippen LogP contribution in [-0.4, -0.2) is 11.0 Å². The van der Waals surface area contributed by atoms with Crippen LogP contribution in [-0.2, 0) is 0 Å². The van der Waals surface area contributed by atoms with E-state index in [1.54, 1.807) is 0 Å². The number of hydrogen-bond donors (Lipinski definition) is 1. The van der Waals surface area contributed by atoms with E-state index in [4.69, 9.17) is 11.6 Å². The number of aromatic nitrogens is 1. The van der Waals surface area contributed by atoms with Crippen LogP contribution < -0.4 is 5.32 Å². The van der Waals surface area contributed by atoms with Crippen molar-refractivity contribution >= 4 is 28.2 Å². The van der Waals surface area contributed by atoms with Gasteiger partial charge >= 0.3 is 0 Å². The largest absolute Gasteiger partial charge is 0.380 e. The lowest BCUT2D eigenvalue weighted by Crippen LogP contribution is -2.31. The Morgan fingerprint density at radius 1 is 1.40 bits per heavy atom. The molecule has 1 heterocycles. The van der Waals surface area contributed by atoms with Crippen LogP contribution in [0.2, 0.25) is 5.02 Å². The summed E-state index contributed by atoms with van der Waals surface area (Å²) in [6, 6.07) is 6.57. The monoisotopic (exact) mass is 288 g/mol. The minimum Gasteiger partial charge on any atom is -0.380 e. The van der Waals surface area contributed by atoms with Crippen molar-refractivity contribution in [3.63, 3.8) is 0 Å². The second-order valence-corrected chi connectivity index (χ2v) is 6.93. The molecule has 1 unspecified atom stereocenters. The number of pyridine rings is 1. The molecular weight excluding hydrogens is 268 g/mol. The Morgan fingerprint density at radius 3 is 2.90 bits per heavy atom. The van der Waals surface area contributed by atoms with Gasteiger partial charge in [-0.2, -0.15) is 0 Å². The molecule has 1 atom stereocenters. The zero-order chi connectivity index (χ0) is 14.3. The molecule has 0 spiro atoms. The summed E-state index contributed by atoms with van der Waals surface area (Å²) in [5.74, 6) is 0. The van der Waals surface area contributed by atoms with E-state index in [0.29, 0.717) is 11.5 Å². The molecule has 0 radical (unpaired) electrons. The third-order valence-corrected chi connectivity index (χ3v) is 4.91. The summed E-state index contributed by atoms with van der Waals surface area (Å²) in [7, 11) is 0. The van der Waals surface area contributed by atoms with E-state index in [1.165, 1.54) is 19.3 Å². The van der Waals surface area contributed by atoms with Gasteiger partial charge in [-0.1, -0.05) is 31.9 Å². The Labute approximate surface area is 125 Å². The number of fused-ring (bicyclic) bond motifs is 1. The highest BCUT2D eigenvalue weighted by Gasteiger charge is 2.34.